The average molecular weight is 372 g/mol. The molecule has 0 fully saturated rings. The van der Waals surface area contributed by atoms with E-state index in [1.54, 1.807) is 6.07 Å². The van der Waals surface area contributed by atoms with E-state index in [0.717, 1.165) is 50.2 Å². The first-order valence-corrected chi connectivity index (χ1v) is 9.95. The van der Waals surface area contributed by atoms with Gasteiger partial charge in [0.2, 0.25) is 0 Å². The highest BCUT2D eigenvalue weighted by Gasteiger charge is 2.30. The van der Waals surface area contributed by atoms with Crippen molar-refractivity contribution in [2.75, 3.05) is 0 Å². The Morgan fingerprint density at radius 3 is 1.96 bits per heavy atom. The fraction of sp³-hybridized carbons (Fsp3) is 0.714. The molecule has 0 radical (unpaired) electrons. The van der Waals surface area contributed by atoms with E-state index >= 15 is 0 Å². The third-order valence-electron chi connectivity index (χ3n) is 4.96. The van der Waals surface area contributed by atoms with E-state index in [0.29, 0.717) is 19.3 Å². The van der Waals surface area contributed by atoms with Crippen LogP contribution in [0.4, 0.5) is 8.78 Å². The SMILES string of the molecule is CCCCCCCCC(CCCCCc1ccc(F)c(F)c1)C(O)(O)O. The number of halogens is 2. The van der Waals surface area contributed by atoms with E-state index in [1.165, 1.54) is 25.3 Å². The van der Waals surface area contributed by atoms with Crippen molar-refractivity contribution in [3.8, 4) is 0 Å². The average Bonchev–Trinajstić information content (AvgIpc) is 2.57. The van der Waals surface area contributed by atoms with Crippen molar-refractivity contribution in [1.29, 1.82) is 0 Å². The summed E-state index contributed by atoms with van der Waals surface area (Å²) in [6, 6.07) is 3.94. The van der Waals surface area contributed by atoms with Crippen molar-refractivity contribution in [2.24, 2.45) is 5.92 Å². The minimum atomic E-state index is -2.62. The first-order valence-electron chi connectivity index (χ1n) is 9.95. The molecule has 0 spiro atoms. The lowest BCUT2D eigenvalue weighted by Crippen LogP contribution is -2.37. The van der Waals surface area contributed by atoms with Crippen LogP contribution in [0.2, 0.25) is 0 Å². The van der Waals surface area contributed by atoms with Gasteiger partial charge in [-0.2, -0.15) is 0 Å². The highest BCUT2D eigenvalue weighted by molar-refractivity contribution is 5.17. The number of benzene rings is 1. The Kier molecular flexibility index (Phi) is 10.9. The van der Waals surface area contributed by atoms with Gasteiger partial charge in [-0.15, -0.1) is 0 Å². The van der Waals surface area contributed by atoms with Gasteiger partial charge >= 0.3 is 0 Å². The highest BCUT2D eigenvalue weighted by Crippen LogP contribution is 2.26. The summed E-state index contributed by atoms with van der Waals surface area (Å²) < 4.78 is 26.0. The lowest BCUT2D eigenvalue weighted by atomic mass is 9.92. The van der Waals surface area contributed by atoms with Crippen LogP contribution >= 0.6 is 0 Å². The maximum Gasteiger partial charge on any atom is 0.278 e. The molecular formula is C21H34F2O3. The first kappa shape index (κ1) is 23.0. The van der Waals surface area contributed by atoms with E-state index in [-0.39, 0.29) is 0 Å². The fourth-order valence-electron chi connectivity index (χ4n) is 3.29. The van der Waals surface area contributed by atoms with E-state index in [9.17, 15) is 24.1 Å². The van der Waals surface area contributed by atoms with E-state index < -0.39 is 23.5 Å². The molecule has 1 unspecified atom stereocenters. The Bertz CT molecular complexity index is 501. The Morgan fingerprint density at radius 1 is 0.808 bits per heavy atom. The van der Waals surface area contributed by atoms with Crippen LogP contribution < -0.4 is 0 Å². The molecule has 0 amide bonds. The predicted molar refractivity (Wildman–Crippen MR) is 99.4 cm³/mol. The Labute approximate surface area is 156 Å². The molecule has 0 aliphatic heterocycles. The summed E-state index contributed by atoms with van der Waals surface area (Å²) in [4.78, 5) is 0. The van der Waals surface area contributed by atoms with Crippen molar-refractivity contribution in [1.82, 2.24) is 0 Å². The topological polar surface area (TPSA) is 60.7 Å². The third-order valence-corrected chi connectivity index (χ3v) is 4.96. The second-order valence-corrected chi connectivity index (χ2v) is 7.29. The zero-order chi connectivity index (χ0) is 19.4. The zero-order valence-electron chi connectivity index (χ0n) is 15.9. The molecule has 1 atom stereocenters. The molecule has 5 heteroatoms. The lowest BCUT2D eigenvalue weighted by molar-refractivity contribution is -0.344. The Balaban J connectivity index is 2.23. The number of aryl methyl sites for hydroxylation is 1. The molecular weight excluding hydrogens is 338 g/mol. The van der Waals surface area contributed by atoms with Gasteiger partial charge in [-0.25, -0.2) is 8.78 Å². The smallest absolute Gasteiger partial charge is 0.278 e. The largest absolute Gasteiger partial charge is 0.343 e. The van der Waals surface area contributed by atoms with Crippen LogP contribution in [0.15, 0.2) is 18.2 Å². The molecule has 1 aromatic rings. The first-order chi connectivity index (χ1) is 12.3. The quantitative estimate of drug-likeness (QED) is 0.316. The van der Waals surface area contributed by atoms with Gasteiger partial charge in [0.05, 0.1) is 0 Å². The monoisotopic (exact) mass is 372 g/mol. The Morgan fingerprint density at radius 2 is 1.38 bits per heavy atom. The van der Waals surface area contributed by atoms with Gasteiger partial charge in [0, 0.05) is 5.92 Å². The molecule has 1 aromatic carbocycles. The normalized spacial score (nSPS) is 13.2. The van der Waals surface area contributed by atoms with Crippen molar-refractivity contribution in [3.05, 3.63) is 35.4 Å². The van der Waals surface area contributed by atoms with Crippen molar-refractivity contribution in [2.45, 2.75) is 89.9 Å². The summed E-state index contributed by atoms with van der Waals surface area (Å²) in [6.45, 7) is 2.17. The van der Waals surface area contributed by atoms with E-state index in [1.807, 2.05) is 0 Å². The van der Waals surface area contributed by atoms with Crippen molar-refractivity contribution in [3.63, 3.8) is 0 Å². The summed E-state index contributed by atoms with van der Waals surface area (Å²) in [5, 5.41) is 28.6. The van der Waals surface area contributed by atoms with Crippen LogP contribution in [-0.4, -0.2) is 21.3 Å². The third kappa shape index (κ3) is 9.60. The highest BCUT2D eigenvalue weighted by atomic mass is 19.2. The fourth-order valence-corrected chi connectivity index (χ4v) is 3.29. The number of hydrogen-bond donors (Lipinski definition) is 3. The van der Waals surface area contributed by atoms with Gasteiger partial charge in [-0.1, -0.05) is 64.4 Å². The van der Waals surface area contributed by atoms with Gasteiger partial charge in [0.25, 0.3) is 5.97 Å². The molecule has 0 bridgehead atoms. The van der Waals surface area contributed by atoms with Crippen molar-refractivity contribution >= 4 is 0 Å². The molecule has 0 saturated carbocycles. The summed E-state index contributed by atoms with van der Waals surface area (Å²) in [6.07, 6.45) is 10.9. The minimum absolute atomic E-state index is 0.538. The summed E-state index contributed by atoms with van der Waals surface area (Å²) in [5.41, 5.74) is 0.758. The number of aliphatic hydroxyl groups is 3. The maximum atomic E-state index is 13.1. The second-order valence-electron chi connectivity index (χ2n) is 7.29. The van der Waals surface area contributed by atoms with Gasteiger partial charge < -0.3 is 15.3 Å². The molecule has 0 saturated heterocycles. The molecule has 0 heterocycles. The van der Waals surface area contributed by atoms with Crippen LogP contribution in [0.5, 0.6) is 0 Å². The van der Waals surface area contributed by atoms with Crippen LogP contribution in [0, 0.1) is 17.6 Å². The zero-order valence-corrected chi connectivity index (χ0v) is 15.9. The lowest BCUT2D eigenvalue weighted by Gasteiger charge is -2.26. The summed E-state index contributed by atoms with van der Waals surface area (Å²) in [7, 11) is 0. The maximum absolute atomic E-state index is 13.1. The molecule has 0 aliphatic carbocycles. The summed E-state index contributed by atoms with van der Waals surface area (Å²) >= 11 is 0. The van der Waals surface area contributed by atoms with E-state index in [4.69, 9.17) is 0 Å². The number of hydrogen-bond acceptors (Lipinski definition) is 3. The van der Waals surface area contributed by atoms with Crippen LogP contribution in [0.25, 0.3) is 0 Å². The van der Waals surface area contributed by atoms with Gasteiger partial charge in [-0.05, 0) is 43.4 Å². The molecule has 3 nitrogen and oxygen atoms in total. The number of unbranched alkanes of at least 4 members (excludes halogenated alkanes) is 7. The molecule has 150 valence electrons. The molecule has 0 aromatic heterocycles. The number of rotatable bonds is 14. The molecule has 0 aliphatic rings. The molecule has 26 heavy (non-hydrogen) atoms. The van der Waals surface area contributed by atoms with Crippen LogP contribution in [0.1, 0.15) is 83.1 Å². The standard InChI is InChI=1S/C21H34F2O3/c1-2-3-4-5-6-9-12-18(21(24,25)26)13-10-7-8-11-17-14-15-19(22)20(23)16-17/h14-16,18,24-26H,2-13H2,1H3. The van der Waals surface area contributed by atoms with E-state index in [2.05, 4.69) is 6.92 Å². The van der Waals surface area contributed by atoms with Gasteiger partial charge in [0.1, 0.15) is 0 Å². The summed E-state index contributed by atoms with van der Waals surface area (Å²) in [5.74, 6) is -4.83. The molecule has 3 N–H and O–H groups in total. The van der Waals surface area contributed by atoms with Gasteiger partial charge in [0.15, 0.2) is 11.6 Å². The minimum Gasteiger partial charge on any atom is -0.343 e. The van der Waals surface area contributed by atoms with Crippen LogP contribution in [-0.2, 0) is 6.42 Å². The predicted octanol–water partition coefficient (Wildman–Crippen LogP) is 5.07. The second kappa shape index (κ2) is 12.4. The Hall–Kier alpha value is -1.04. The van der Waals surface area contributed by atoms with Gasteiger partial charge in [-0.3, -0.25) is 0 Å². The van der Waals surface area contributed by atoms with Crippen LogP contribution in [0.3, 0.4) is 0 Å². The molecule has 1 rings (SSSR count). The van der Waals surface area contributed by atoms with Crippen molar-refractivity contribution < 1.29 is 24.1 Å².